The van der Waals surface area contributed by atoms with Crippen molar-refractivity contribution < 1.29 is 5.11 Å². The van der Waals surface area contributed by atoms with Crippen LogP contribution in [0.1, 0.15) is 19.4 Å². The highest BCUT2D eigenvalue weighted by Crippen LogP contribution is 2.38. The summed E-state index contributed by atoms with van der Waals surface area (Å²) >= 11 is 0. The lowest BCUT2D eigenvalue weighted by Gasteiger charge is -2.18. The summed E-state index contributed by atoms with van der Waals surface area (Å²) in [6.07, 6.45) is 2.44. The molecule has 0 radical (unpaired) electrons. The Morgan fingerprint density at radius 3 is 2.50 bits per heavy atom. The standard InChI is InChI=1S/C18H21N2OP/c1-18(2,21)12-15-14-10-7-11-19-17(14)20(22-3)16(15)13-8-5-4-6-9-13/h4-11,21-22H,12H2,1-3H3. The topological polar surface area (TPSA) is 38.0 Å². The molecule has 3 rings (SSSR count). The van der Waals surface area contributed by atoms with E-state index in [2.05, 4.69) is 46.3 Å². The van der Waals surface area contributed by atoms with Gasteiger partial charge in [-0.3, -0.25) is 0 Å². The molecule has 0 fully saturated rings. The van der Waals surface area contributed by atoms with Crippen LogP contribution in [0.15, 0.2) is 48.7 Å². The lowest BCUT2D eigenvalue weighted by molar-refractivity contribution is 0.0814. The van der Waals surface area contributed by atoms with Crippen LogP contribution in [0.5, 0.6) is 0 Å². The molecule has 114 valence electrons. The average molecular weight is 312 g/mol. The van der Waals surface area contributed by atoms with Gasteiger partial charge in [-0.15, -0.1) is 0 Å². The first-order chi connectivity index (χ1) is 10.5. The van der Waals surface area contributed by atoms with Crippen molar-refractivity contribution in [1.29, 1.82) is 0 Å². The summed E-state index contributed by atoms with van der Waals surface area (Å²) in [7, 11) is 0.588. The Bertz CT molecular complexity index is 788. The molecule has 1 aromatic carbocycles. The Morgan fingerprint density at radius 1 is 1.14 bits per heavy atom. The second-order valence-electron chi connectivity index (χ2n) is 6.12. The van der Waals surface area contributed by atoms with Gasteiger partial charge < -0.3 is 9.44 Å². The van der Waals surface area contributed by atoms with E-state index in [0.717, 1.165) is 11.0 Å². The summed E-state index contributed by atoms with van der Waals surface area (Å²) in [5.74, 6) is 0. The van der Waals surface area contributed by atoms with Crippen LogP contribution in [0.25, 0.3) is 22.3 Å². The van der Waals surface area contributed by atoms with Gasteiger partial charge in [0.1, 0.15) is 5.65 Å². The van der Waals surface area contributed by atoms with Crippen molar-refractivity contribution in [3.63, 3.8) is 0 Å². The zero-order valence-electron chi connectivity index (χ0n) is 13.2. The number of fused-ring (bicyclic) bond motifs is 1. The fourth-order valence-electron chi connectivity index (χ4n) is 2.91. The molecule has 0 amide bonds. The SMILES string of the molecule is CPn1c(-c2ccccc2)c(CC(C)(C)O)c2cccnc21. The molecule has 3 aromatic rings. The third kappa shape index (κ3) is 2.79. The quantitative estimate of drug-likeness (QED) is 0.737. The van der Waals surface area contributed by atoms with Gasteiger partial charge in [0.25, 0.3) is 0 Å². The van der Waals surface area contributed by atoms with Crippen LogP contribution in [0.4, 0.5) is 0 Å². The molecule has 1 N–H and O–H groups in total. The third-order valence-corrected chi connectivity index (χ3v) is 4.60. The van der Waals surface area contributed by atoms with E-state index in [1.807, 2.05) is 32.2 Å². The Labute approximate surface area is 132 Å². The summed E-state index contributed by atoms with van der Waals surface area (Å²) < 4.78 is 2.27. The van der Waals surface area contributed by atoms with Crippen molar-refractivity contribution in [1.82, 2.24) is 9.32 Å². The van der Waals surface area contributed by atoms with Gasteiger partial charge in [0, 0.05) is 18.0 Å². The van der Waals surface area contributed by atoms with E-state index >= 15 is 0 Å². The lowest BCUT2D eigenvalue weighted by atomic mass is 9.94. The molecule has 22 heavy (non-hydrogen) atoms. The first kappa shape index (κ1) is 15.2. The predicted molar refractivity (Wildman–Crippen MR) is 94.8 cm³/mol. The highest BCUT2D eigenvalue weighted by molar-refractivity contribution is 7.35. The number of aliphatic hydroxyl groups is 1. The van der Waals surface area contributed by atoms with Gasteiger partial charge >= 0.3 is 0 Å². The molecule has 0 spiro atoms. The van der Waals surface area contributed by atoms with Crippen LogP contribution < -0.4 is 0 Å². The van der Waals surface area contributed by atoms with Crippen LogP contribution in [-0.4, -0.2) is 26.7 Å². The molecular formula is C18H21N2OP. The van der Waals surface area contributed by atoms with Gasteiger partial charge in [0.15, 0.2) is 0 Å². The van der Waals surface area contributed by atoms with Crippen LogP contribution in [0.2, 0.25) is 0 Å². The number of aromatic nitrogens is 2. The van der Waals surface area contributed by atoms with Crippen LogP contribution >= 0.6 is 8.73 Å². The van der Waals surface area contributed by atoms with E-state index in [1.165, 1.54) is 16.8 Å². The van der Waals surface area contributed by atoms with Gasteiger partial charge in [-0.25, -0.2) is 4.98 Å². The normalized spacial score (nSPS) is 12.5. The molecule has 0 aliphatic heterocycles. The Morgan fingerprint density at radius 2 is 1.86 bits per heavy atom. The van der Waals surface area contributed by atoms with Crippen molar-refractivity contribution >= 4 is 19.8 Å². The highest BCUT2D eigenvalue weighted by atomic mass is 31.1. The largest absolute Gasteiger partial charge is 0.390 e. The van der Waals surface area contributed by atoms with Crippen molar-refractivity contribution in [3.05, 3.63) is 54.2 Å². The van der Waals surface area contributed by atoms with Gasteiger partial charge in [-0.2, -0.15) is 0 Å². The minimum absolute atomic E-state index is 0.588. The summed E-state index contributed by atoms with van der Waals surface area (Å²) in [6.45, 7) is 5.87. The summed E-state index contributed by atoms with van der Waals surface area (Å²) in [4.78, 5) is 4.58. The van der Waals surface area contributed by atoms with Crippen LogP contribution in [0.3, 0.4) is 0 Å². The van der Waals surface area contributed by atoms with Crippen molar-refractivity contribution in [2.45, 2.75) is 25.9 Å². The molecule has 0 bridgehead atoms. The molecule has 2 aromatic heterocycles. The van der Waals surface area contributed by atoms with Gasteiger partial charge in [0.2, 0.25) is 0 Å². The van der Waals surface area contributed by atoms with Crippen LogP contribution in [0, 0.1) is 0 Å². The van der Waals surface area contributed by atoms with Crippen molar-refractivity contribution in [2.75, 3.05) is 6.66 Å². The number of nitrogens with zero attached hydrogens (tertiary/aromatic N) is 2. The van der Waals surface area contributed by atoms with E-state index in [4.69, 9.17) is 0 Å². The van der Waals surface area contributed by atoms with E-state index in [0.29, 0.717) is 15.2 Å². The average Bonchev–Trinajstić information content (AvgIpc) is 2.80. The molecule has 4 heteroatoms. The number of hydrogen-bond acceptors (Lipinski definition) is 2. The minimum Gasteiger partial charge on any atom is -0.390 e. The molecule has 0 aliphatic rings. The zero-order chi connectivity index (χ0) is 15.7. The maximum absolute atomic E-state index is 10.4. The molecule has 3 nitrogen and oxygen atoms in total. The Hall–Kier alpha value is -1.70. The monoisotopic (exact) mass is 312 g/mol. The van der Waals surface area contributed by atoms with E-state index in [-0.39, 0.29) is 0 Å². The second-order valence-corrected chi connectivity index (χ2v) is 7.01. The van der Waals surface area contributed by atoms with Crippen molar-refractivity contribution in [3.8, 4) is 11.3 Å². The number of pyridine rings is 1. The third-order valence-electron chi connectivity index (χ3n) is 3.71. The first-order valence-corrected chi connectivity index (χ1v) is 8.90. The zero-order valence-corrected chi connectivity index (χ0v) is 14.2. The highest BCUT2D eigenvalue weighted by Gasteiger charge is 2.23. The van der Waals surface area contributed by atoms with E-state index in [1.54, 1.807) is 0 Å². The summed E-state index contributed by atoms with van der Waals surface area (Å²) in [5, 5.41) is 11.5. The second kappa shape index (κ2) is 5.83. The number of hydrogen-bond donors (Lipinski definition) is 1. The van der Waals surface area contributed by atoms with E-state index < -0.39 is 5.60 Å². The van der Waals surface area contributed by atoms with Gasteiger partial charge in [0.05, 0.1) is 11.3 Å². The predicted octanol–water partition coefficient (Wildman–Crippen LogP) is 4.09. The van der Waals surface area contributed by atoms with Gasteiger partial charge in [-0.1, -0.05) is 30.3 Å². The summed E-state index contributed by atoms with van der Waals surface area (Å²) in [6, 6.07) is 14.4. The first-order valence-electron chi connectivity index (χ1n) is 7.45. The molecule has 0 aliphatic carbocycles. The molecule has 1 unspecified atom stereocenters. The van der Waals surface area contributed by atoms with E-state index in [9.17, 15) is 5.11 Å². The maximum Gasteiger partial charge on any atom is 0.143 e. The summed E-state index contributed by atoms with van der Waals surface area (Å²) in [5.41, 5.74) is 3.78. The number of benzene rings is 1. The number of rotatable bonds is 4. The molecule has 0 saturated heterocycles. The molecule has 0 saturated carbocycles. The van der Waals surface area contributed by atoms with Gasteiger partial charge in [-0.05, 0) is 52.5 Å². The Balaban J connectivity index is 2.34. The van der Waals surface area contributed by atoms with Crippen molar-refractivity contribution in [2.24, 2.45) is 0 Å². The molecule has 1 atom stereocenters. The van der Waals surface area contributed by atoms with Crippen LogP contribution in [-0.2, 0) is 6.42 Å². The smallest absolute Gasteiger partial charge is 0.143 e. The fraction of sp³-hybridized carbons (Fsp3) is 0.278. The fourth-order valence-corrected chi connectivity index (χ4v) is 3.79. The molecular weight excluding hydrogens is 291 g/mol. The minimum atomic E-state index is -0.755. The Kier molecular flexibility index (Phi) is 4.03. The lowest BCUT2D eigenvalue weighted by Crippen LogP contribution is -2.22. The maximum atomic E-state index is 10.4. The molecule has 2 heterocycles.